The molecule has 0 spiro atoms. The molecule has 3 nitrogen and oxygen atoms in total. The van der Waals surface area contributed by atoms with Crippen LogP contribution in [0.15, 0.2) is 42.9 Å². The minimum atomic E-state index is 0.515. The average Bonchev–Trinajstić information content (AvgIpc) is 2.70. The fourth-order valence-corrected chi connectivity index (χ4v) is 1.30. The summed E-state index contributed by atoms with van der Waals surface area (Å²) in [6.45, 7) is 0.515. The first-order valence-corrected chi connectivity index (χ1v) is 4.19. The molecule has 0 saturated carbocycles. The molecule has 0 bridgehead atoms. The predicted octanol–water partition coefficient (Wildman–Crippen LogP) is 1.33. The van der Waals surface area contributed by atoms with Crippen LogP contribution in [-0.2, 0) is 6.54 Å². The van der Waals surface area contributed by atoms with E-state index >= 15 is 0 Å². The van der Waals surface area contributed by atoms with E-state index < -0.39 is 0 Å². The Morgan fingerprint density at radius 1 is 1.23 bits per heavy atom. The van der Waals surface area contributed by atoms with Gasteiger partial charge in [0.15, 0.2) is 0 Å². The van der Waals surface area contributed by atoms with E-state index in [-0.39, 0.29) is 0 Å². The second kappa shape index (κ2) is 3.41. The number of rotatable bonds is 2. The van der Waals surface area contributed by atoms with Gasteiger partial charge in [0.05, 0.1) is 0 Å². The van der Waals surface area contributed by atoms with Crippen LogP contribution in [0.5, 0.6) is 0 Å². The van der Waals surface area contributed by atoms with Gasteiger partial charge in [-0.15, -0.1) is 0 Å². The van der Waals surface area contributed by atoms with Crippen LogP contribution < -0.4 is 5.73 Å². The first-order chi connectivity index (χ1) is 6.42. The van der Waals surface area contributed by atoms with Crippen LogP contribution in [0.25, 0.3) is 5.82 Å². The van der Waals surface area contributed by atoms with Crippen molar-refractivity contribution < 1.29 is 0 Å². The highest BCUT2D eigenvalue weighted by molar-refractivity contribution is 5.33. The molecule has 2 aromatic rings. The summed E-state index contributed by atoms with van der Waals surface area (Å²) in [4.78, 5) is 4.27. The van der Waals surface area contributed by atoms with Crippen LogP contribution in [0.1, 0.15) is 5.56 Å². The molecule has 2 rings (SSSR count). The van der Waals surface area contributed by atoms with Crippen molar-refractivity contribution in [1.29, 1.82) is 0 Å². The molecule has 0 unspecified atom stereocenters. The number of aromatic nitrogens is 2. The van der Waals surface area contributed by atoms with Crippen molar-refractivity contribution in [3.05, 3.63) is 48.4 Å². The van der Waals surface area contributed by atoms with Gasteiger partial charge < -0.3 is 10.3 Å². The van der Waals surface area contributed by atoms with Crippen molar-refractivity contribution >= 4 is 0 Å². The molecule has 2 N–H and O–H groups in total. The summed E-state index contributed by atoms with van der Waals surface area (Å²) in [5, 5.41) is 0. The third-order valence-corrected chi connectivity index (χ3v) is 1.94. The maximum absolute atomic E-state index is 5.60. The Balaban J connectivity index is 2.51. The van der Waals surface area contributed by atoms with E-state index in [1.54, 1.807) is 6.20 Å². The molecular weight excluding hydrogens is 162 g/mol. The van der Waals surface area contributed by atoms with E-state index in [1.807, 2.05) is 41.2 Å². The van der Waals surface area contributed by atoms with Gasteiger partial charge in [-0.3, -0.25) is 0 Å². The normalized spacial score (nSPS) is 10.2. The van der Waals surface area contributed by atoms with Gasteiger partial charge in [0.1, 0.15) is 5.82 Å². The van der Waals surface area contributed by atoms with Crippen LogP contribution in [-0.4, -0.2) is 9.55 Å². The highest BCUT2D eigenvalue weighted by Gasteiger charge is 2.01. The third-order valence-electron chi connectivity index (χ3n) is 1.94. The molecule has 66 valence electrons. The van der Waals surface area contributed by atoms with E-state index in [1.165, 1.54) is 0 Å². The summed E-state index contributed by atoms with van der Waals surface area (Å²) in [6, 6.07) is 7.82. The zero-order valence-corrected chi connectivity index (χ0v) is 7.22. The Morgan fingerprint density at radius 2 is 2.00 bits per heavy atom. The zero-order chi connectivity index (χ0) is 9.10. The SMILES string of the molecule is NCc1cccnc1-n1cccc1. The van der Waals surface area contributed by atoms with Crippen molar-refractivity contribution in [3.63, 3.8) is 0 Å². The van der Waals surface area contributed by atoms with Gasteiger partial charge in [-0.1, -0.05) is 6.07 Å². The van der Waals surface area contributed by atoms with Crippen molar-refractivity contribution in [3.8, 4) is 5.82 Å². The van der Waals surface area contributed by atoms with Gasteiger partial charge in [-0.05, 0) is 18.2 Å². The second-order valence-electron chi connectivity index (χ2n) is 2.78. The van der Waals surface area contributed by atoms with Gasteiger partial charge in [0.25, 0.3) is 0 Å². The Bertz CT molecular complexity index is 379. The lowest BCUT2D eigenvalue weighted by molar-refractivity contribution is 0.941. The molecule has 13 heavy (non-hydrogen) atoms. The van der Waals surface area contributed by atoms with E-state index in [2.05, 4.69) is 4.98 Å². The number of nitrogens with two attached hydrogens (primary N) is 1. The standard InChI is InChI=1S/C10H11N3/c11-8-9-4-3-5-12-10(9)13-6-1-2-7-13/h1-7H,8,11H2. The molecular formula is C10H11N3. The monoisotopic (exact) mass is 173 g/mol. The number of pyridine rings is 1. The minimum absolute atomic E-state index is 0.515. The summed E-state index contributed by atoms with van der Waals surface area (Å²) < 4.78 is 1.96. The summed E-state index contributed by atoms with van der Waals surface area (Å²) in [5.41, 5.74) is 6.66. The summed E-state index contributed by atoms with van der Waals surface area (Å²) in [6.07, 6.45) is 5.69. The molecule has 0 aliphatic rings. The Kier molecular flexibility index (Phi) is 2.10. The zero-order valence-electron chi connectivity index (χ0n) is 7.22. The van der Waals surface area contributed by atoms with E-state index in [4.69, 9.17) is 5.73 Å². The van der Waals surface area contributed by atoms with Gasteiger partial charge in [0, 0.05) is 30.7 Å². The molecule has 3 heteroatoms. The number of hydrogen-bond donors (Lipinski definition) is 1. The lowest BCUT2D eigenvalue weighted by Gasteiger charge is -2.06. The molecule has 0 atom stereocenters. The smallest absolute Gasteiger partial charge is 0.141 e. The Hall–Kier alpha value is -1.61. The summed E-state index contributed by atoms with van der Waals surface area (Å²) in [5.74, 6) is 0.912. The van der Waals surface area contributed by atoms with Gasteiger partial charge in [-0.25, -0.2) is 4.98 Å². The van der Waals surface area contributed by atoms with Crippen molar-refractivity contribution in [2.75, 3.05) is 0 Å². The highest BCUT2D eigenvalue weighted by atomic mass is 15.0. The highest BCUT2D eigenvalue weighted by Crippen LogP contribution is 2.10. The fraction of sp³-hybridized carbons (Fsp3) is 0.100. The summed E-state index contributed by atoms with van der Waals surface area (Å²) in [7, 11) is 0. The predicted molar refractivity (Wildman–Crippen MR) is 51.5 cm³/mol. The third kappa shape index (κ3) is 1.46. The van der Waals surface area contributed by atoms with Crippen molar-refractivity contribution in [2.24, 2.45) is 5.73 Å². The second-order valence-corrected chi connectivity index (χ2v) is 2.78. The van der Waals surface area contributed by atoms with Crippen LogP contribution >= 0.6 is 0 Å². The Morgan fingerprint density at radius 3 is 2.69 bits per heavy atom. The molecule has 2 heterocycles. The molecule has 0 saturated heterocycles. The number of nitrogens with zero attached hydrogens (tertiary/aromatic N) is 2. The average molecular weight is 173 g/mol. The van der Waals surface area contributed by atoms with Crippen molar-refractivity contribution in [1.82, 2.24) is 9.55 Å². The van der Waals surface area contributed by atoms with Gasteiger partial charge in [0.2, 0.25) is 0 Å². The molecule has 2 aromatic heterocycles. The van der Waals surface area contributed by atoms with Gasteiger partial charge >= 0.3 is 0 Å². The largest absolute Gasteiger partial charge is 0.326 e. The topological polar surface area (TPSA) is 43.8 Å². The molecule has 0 aliphatic heterocycles. The quantitative estimate of drug-likeness (QED) is 0.744. The summed E-state index contributed by atoms with van der Waals surface area (Å²) >= 11 is 0. The fourth-order valence-electron chi connectivity index (χ4n) is 1.30. The first-order valence-electron chi connectivity index (χ1n) is 4.19. The molecule has 0 amide bonds. The maximum Gasteiger partial charge on any atom is 0.141 e. The van der Waals surface area contributed by atoms with E-state index in [0.717, 1.165) is 11.4 Å². The van der Waals surface area contributed by atoms with E-state index in [9.17, 15) is 0 Å². The van der Waals surface area contributed by atoms with Crippen LogP contribution in [0.3, 0.4) is 0 Å². The van der Waals surface area contributed by atoms with Crippen LogP contribution in [0.2, 0.25) is 0 Å². The first kappa shape index (κ1) is 8.01. The molecule has 0 fully saturated rings. The molecule has 0 aliphatic carbocycles. The van der Waals surface area contributed by atoms with Gasteiger partial charge in [-0.2, -0.15) is 0 Å². The minimum Gasteiger partial charge on any atom is -0.326 e. The van der Waals surface area contributed by atoms with Crippen LogP contribution in [0.4, 0.5) is 0 Å². The molecule has 0 radical (unpaired) electrons. The van der Waals surface area contributed by atoms with Crippen LogP contribution in [0, 0.1) is 0 Å². The maximum atomic E-state index is 5.60. The van der Waals surface area contributed by atoms with Crippen molar-refractivity contribution in [2.45, 2.75) is 6.54 Å². The van der Waals surface area contributed by atoms with E-state index in [0.29, 0.717) is 6.54 Å². The lowest BCUT2D eigenvalue weighted by Crippen LogP contribution is -2.04. The lowest BCUT2D eigenvalue weighted by atomic mass is 10.2. The Labute approximate surface area is 76.8 Å². The number of hydrogen-bond acceptors (Lipinski definition) is 2. The molecule has 0 aromatic carbocycles.